The predicted octanol–water partition coefficient (Wildman–Crippen LogP) is 3.45. The van der Waals surface area contributed by atoms with Crippen molar-refractivity contribution < 1.29 is 0 Å². The topological polar surface area (TPSA) is 0 Å². The molecule has 0 spiro atoms. The summed E-state index contributed by atoms with van der Waals surface area (Å²) in [4.78, 5) is 0. The van der Waals surface area contributed by atoms with Crippen LogP contribution >= 0.6 is 11.6 Å². The Hall–Kier alpha value is -1.01. The third kappa shape index (κ3) is 2.24. The summed E-state index contributed by atoms with van der Waals surface area (Å²) in [6.07, 6.45) is 3.45. The summed E-state index contributed by atoms with van der Waals surface area (Å²) >= 11 is 5.90. The van der Waals surface area contributed by atoms with E-state index in [0.717, 1.165) is 10.6 Å². The van der Waals surface area contributed by atoms with Crippen molar-refractivity contribution >= 4 is 16.6 Å². The van der Waals surface area contributed by atoms with Crippen LogP contribution in [0.1, 0.15) is 5.56 Å². The molecule has 0 N–H and O–H groups in total. The second-order valence-electron chi connectivity index (χ2n) is 2.12. The smallest absolute Gasteiger partial charge is 0.0478 e. The molecule has 0 bridgehead atoms. The lowest BCUT2D eigenvalue weighted by Gasteiger charge is -1.95. The molecule has 0 aliphatic rings. The molecule has 0 fully saturated rings. The minimum absolute atomic E-state index is 0.723. The first-order chi connectivity index (χ1) is 5.34. The van der Waals surface area contributed by atoms with Gasteiger partial charge < -0.3 is 0 Å². The normalized spacial score (nSPS) is 11.2. The van der Waals surface area contributed by atoms with E-state index in [-0.39, 0.29) is 0 Å². The SMILES string of the molecule is C=C/C=C(\Cl)c1ccccc1. The van der Waals surface area contributed by atoms with E-state index >= 15 is 0 Å². The summed E-state index contributed by atoms with van der Waals surface area (Å²) in [5.74, 6) is 0. The molecule has 11 heavy (non-hydrogen) atoms. The van der Waals surface area contributed by atoms with Crippen molar-refractivity contribution in [1.82, 2.24) is 0 Å². The molecule has 1 aromatic rings. The molecule has 0 nitrogen and oxygen atoms in total. The van der Waals surface area contributed by atoms with Gasteiger partial charge in [-0.15, -0.1) is 0 Å². The average Bonchev–Trinajstić information content (AvgIpc) is 2.07. The lowest BCUT2D eigenvalue weighted by atomic mass is 10.2. The Labute approximate surface area is 71.8 Å². The standard InChI is InChI=1S/C10H9Cl/c1-2-6-10(11)9-7-4-3-5-8-9/h2-8H,1H2/b10-6-. The van der Waals surface area contributed by atoms with E-state index in [4.69, 9.17) is 11.6 Å². The van der Waals surface area contributed by atoms with Crippen molar-refractivity contribution in [2.24, 2.45) is 0 Å². The molecule has 1 aromatic carbocycles. The molecule has 0 aliphatic carbocycles. The van der Waals surface area contributed by atoms with Gasteiger partial charge in [0.15, 0.2) is 0 Å². The fourth-order valence-corrected chi connectivity index (χ4v) is 1.01. The second-order valence-corrected chi connectivity index (χ2v) is 2.52. The first-order valence-corrected chi connectivity index (χ1v) is 3.76. The predicted molar refractivity (Wildman–Crippen MR) is 50.5 cm³/mol. The number of halogens is 1. The van der Waals surface area contributed by atoms with Crippen LogP contribution in [0.3, 0.4) is 0 Å². The summed E-state index contributed by atoms with van der Waals surface area (Å²) in [5, 5.41) is 0.723. The van der Waals surface area contributed by atoms with Crippen molar-refractivity contribution in [2.45, 2.75) is 0 Å². The molecule has 0 aliphatic heterocycles. The molecule has 1 heteroatoms. The Balaban J connectivity index is 2.94. The third-order valence-electron chi connectivity index (χ3n) is 1.31. The highest BCUT2D eigenvalue weighted by molar-refractivity contribution is 6.48. The van der Waals surface area contributed by atoms with Gasteiger partial charge in [-0.25, -0.2) is 0 Å². The van der Waals surface area contributed by atoms with Crippen molar-refractivity contribution in [3.8, 4) is 0 Å². The fraction of sp³-hybridized carbons (Fsp3) is 0. The van der Waals surface area contributed by atoms with Crippen molar-refractivity contribution in [3.63, 3.8) is 0 Å². The van der Waals surface area contributed by atoms with Crippen LogP contribution in [0.25, 0.3) is 5.03 Å². The van der Waals surface area contributed by atoms with E-state index in [1.165, 1.54) is 0 Å². The lowest BCUT2D eigenvalue weighted by molar-refractivity contribution is 1.65. The summed E-state index contributed by atoms with van der Waals surface area (Å²) in [5.41, 5.74) is 1.02. The van der Waals surface area contributed by atoms with Gasteiger partial charge in [-0.1, -0.05) is 54.6 Å². The molecular formula is C10H9Cl. The van der Waals surface area contributed by atoms with Gasteiger partial charge in [-0.05, 0) is 11.6 Å². The quantitative estimate of drug-likeness (QED) is 0.588. The average molecular weight is 165 g/mol. The van der Waals surface area contributed by atoms with Crippen molar-refractivity contribution in [3.05, 3.63) is 54.6 Å². The van der Waals surface area contributed by atoms with Gasteiger partial charge in [-0.2, -0.15) is 0 Å². The van der Waals surface area contributed by atoms with Gasteiger partial charge in [0.25, 0.3) is 0 Å². The molecule has 0 saturated carbocycles. The number of hydrogen-bond donors (Lipinski definition) is 0. The number of benzene rings is 1. The van der Waals surface area contributed by atoms with Crippen LogP contribution in [0, 0.1) is 0 Å². The Kier molecular flexibility index (Phi) is 2.94. The molecule has 0 radical (unpaired) electrons. The summed E-state index contributed by atoms with van der Waals surface area (Å²) in [7, 11) is 0. The maximum absolute atomic E-state index is 5.90. The number of hydrogen-bond acceptors (Lipinski definition) is 0. The zero-order valence-corrected chi connectivity index (χ0v) is 6.88. The Morgan fingerprint density at radius 2 is 1.91 bits per heavy atom. The molecule has 1 rings (SSSR count). The summed E-state index contributed by atoms with van der Waals surface area (Å²) < 4.78 is 0. The Morgan fingerprint density at radius 3 is 2.45 bits per heavy atom. The van der Waals surface area contributed by atoms with Crippen LogP contribution in [-0.2, 0) is 0 Å². The molecule has 0 amide bonds. The first kappa shape index (κ1) is 8.09. The maximum Gasteiger partial charge on any atom is 0.0478 e. The van der Waals surface area contributed by atoms with E-state index in [1.54, 1.807) is 12.2 Å². The van der Waals surface area contributed by atoms with Crippen LogP contribution in [0.2, 0.25) is 0 Å². The van der Waals surface area contributed by atoms with Crippen molar-refractivity contribution in [1.29, 1.82) is 0 Å². The van der Waals surface area contributed by atoms with Gasteiger partial charge >= 0.3 is 0 Å². The minimum Gasteiger partial charge on any atom is -0.0990 e. The Bertz CT molecular complexity index is 259. The lowest BCUT2D eigenvalue weighted by Crippen LogP contribution is -1.72. The summed E-state index contributed by atoms with van der Waals surface area (Å²) in [6.45, 7) is 3.57. The molecule has 0 atom stereocenters. The highest BCUT2D eigenvalue weighted by Crippen LogP contribution is 2.17. The van der Waals surface area contributed by atoms with E-state index in [9.17, 15) is 0 Å². The highest BCUT2D eigenvalue weighted by atomic mass is 35.5. The molecule has 0 aromatic heterocycles. The van der Waals surface area contributed by atoms with Gasteiger partial charge in [0.1, 0.15) is 0 Å². The van der Waals surface area contributed by atoms with Crippen LogP contribution in [0.4, 0.5) is 0 Å². The largest absolute Gasteiger partial charge is 0.0990 e. The van der Waals surface area contributed by atoms with Crippen LogP contribution in [0.5, 0.6) is 0 Å². The van der Waals surface area contributed by atoms with E-state index in [2.05, 4.69) is 6.58 Å². The Morgan fingerprint density at radius 1 is 1.27 bits per heavy atom. The van der Waals surface area contributed by atoms with Gasteiger partial charge in [0, 0.05) is 5.03 Å². The molecule has 56 valence electrons. The van der Waals surface area contributed by atoms with Crippen molar-refractivity contribution in [2.75, 3.05) is 0 Å². The number of allylic oxidation sites excluding steroid dienone is 2. The maximum atomic E-state index is 5.90. The second kappa shape index (κ2) is 3.99. The molecular weight excluding hydrogens is 156 g/mol. The number of rotatable bonds is 2. The van der Waals surface area contributed by atoms with E-state index < -0.39 is 0 Å². The third-order valence-corrected chi connectivity index (χ3v) is 1.66. The van der Waals surface area contributed by atoms with Crippen LogP contribution in [0.15, 0.2) is 49.1 Å². The molecule has 0 unspecified atom stereocenters. The van der Waals surface area contributed by atoms with Gasteiger partial charge in [0.2, 0.25) is 0 Å². The van der Waals surface area contributed by atoms with E-state index in [1.807, 2.05) is 30.3 Å². The van der Waals surface area contributed by atoms with Gasteiger partial charge in [-0.3, -0.25) is 0 Å². The zero-order chi connectivity index (χ0) is 8.10. The first-order valence-electron chi connectivity index (χ1n) is 3.38. The highest BCUT2D eigenvalue weighted by Gasteiger charge is 1.92. The van der Waals surface area contributed by atoms with Gasteiger partial charge in [0.05, 0.1) is 0 Å². The van der Waals surface area contributed by atoms with E-state index in [0.29, 0.717) is 0 Å². The zero-order valence-electron chi connectivity index (χ0n) is 6.13. The fourth-order valence-electron chi connectivity index (χ4n) is 0.797. The van der Waals surface area contributed by atoms with Crippen LogP contribution in [-0.4, -0.2) is 0 Å². The minimum atomic E-state index is 0.723. The summed E-state index contributed by atoms with van der Waals surface area (Å²) in [6, 6.07) is 9.79. The monoisotopic (exact) mass is 164 g/mol. The molecule has 0 heterocycles. The molecule has 0 saturated heterocycles. The van der Waals surface area contributed by atoms with Crippen LogP contribution < -0.4 is 0 Å².